The van der Waals surface area contributed by atoms with E-state index in [-0.39, 0.29) is 11.1 Å². The Kier molecular flexibility index (Phi) is 3.87. The SMILES string of the molecule is NC1=NC2(CCS1)c1cc(Br)ccc1OC21CCc2ccccc2CC1. The fourth-order valence-corrected chi connectivity index (χ4v) is 6.11. The number of thioether (sulfide) groups is 1. The van der Waals surface area contributed by atoms with Crippen molar-refractivity contribution in [3.63, 3.8) is 0 Å². The van der Waals surface area contributed by atoms with Crippen molar-refractivity contribution in [3.05, 3.63) is 63.6 Å². The molecule has 2 spiro atoms. The zero-order valence-electron chi connectivity index (χ0n) is 14.5. The topological polar surface area (TPSA) is 47.6 Å². The van der Waals surface area contributed by atoms with Crippen LogP contribution in [-0.4, -0.2) is 16.5 Å². The average molecular weight is 429 g/mol. The first-order valence-electron chi connectivity index (χ1n) is 9.16. The van der Waals surface area contributed by atoms with Crippen LogP contribution in [0.25, 0.3) is 0 Å². The van der Waals surface area contributed by atoms with E-state index < -0.39 is 0 Å². The molecule has 0 fully saturated rings. The van der Waals surface area contributed by atoms with E-state index in [0.717, 1.165) is 48.1 Å². The number of halogens is 1. The predicted molar refractivity (Wildman–Crippen MR) is 111 cm³/mol. The van der Waals surface area contributed by atoms with Gasteiger partial charge in [-0.1, -0.05) is 52.0 Å². The van der Waals surface area contributed by atoms with E-state index in [1.807, 2.05) is 0 Å². The summed E-state index contributed by atoms with van der Waals surface area (Å²) in [4.78, 5) is 5.09. The number of aryl methyl sites for hydroxylation is 2. The maximum Gasteiger partial charge on any atom is 0.154 e. The number of nitrogens with two attached hydrogens (primary N) is 1. The molecule has 0 radical (unpaired) electrons. The van der Waals surface area contributed by atoms with E-state index >= 15 is 0 Å². The van der Waals surface area contributed by atoms with Gasteiger partial charge in [-0.25, -0.2) is 4.99 Å². The first-order chi connectivity index (χ1) is 12.6. The first-order valence-corrected chi connectivity index (χ1v) is 10.9. The van der Waals surface area contributed by atoms with Crippen LogP contribution in [-0.2, 0) is 18.4 Å². The van der Waals surface area contributed by atoms with Crippen LogP contribution < -0.4 is 10.5 Å². The Bertz CT molecular complexity index is 886. The normalized spacial score (nSPS) is 26.0. The summed E-state index contributed by atoms with van der Waals surface area (Å²) in [6.45, 7) is 0. The molecule has 2 aliphatic heterocycles. The molecule has 3 nitrogen and oxygen atoms in total. The minimum atomic E-state index is -0.372. The number of nitrogens with zero attached hydrogens (tertiary/aromatic N) is 1. The lowest BCUT2D eigenvalue weighted by Gasteiger charge is -2.43. The van der Waals surface area contributed by atoms with Crippen LogP contribution in [0.4, 0.5) is 0 Å². The number of rotatable bonds is 0. The van der Waals surface area contributed by atoms with Crippen LogP contribution in [0.5, 0.6) is 5.75 Å². The lowest BCUT2D eigenvalue weighted by atomic mass is 9.70. The molecule has 2 N–H and O–H groups in total. The molecule has 1 unspecified atom stereocenters. The number of ether oxygens (including phenoxy) is 1. The number of hydrogen-bond acceptors (Lipinski definition) is 4. The van der Waals surface area contributed by atoms with Crippen LogP contribution in [0.15, 0.2) is 51.9 Å². The smallest absolute Gasteiger partial charge is 0.154 e. The highest BCUT2D eigenvalue weighted by Gasteiger charge is 2.61. The van der Waals surface area contributed by atoms with Crippen molar-refractivity contribution in [1.82, 2.24) is 0 Å². The lowest BCUT2D eigenvalue weighted by Crippen LogP contribution is -2.53. The highest BCUT2D eigenvalue weighted by Crippen LogP contribution is 2.58. The molecule has 1 atom stereocenters. The van der Waals surface area contributed by atoms with Gasteiger partial charge in [0.05, 0.1) is 0 Å². The van der Waals surface area contributed by atoms with Crippen molar-refractivity contribution in [3.8, 4) is 5.75 Å². The monoisotopic (exact) mass is 428 g/mol. The second kappa shape index (κ2) is 6.03. The van der Waals surface area contributed by atoms with Crippen LogP contribution >= 0.6 is 27.7 Å². The Hall–Kier alpha value is -1.46. The van der Waals surface area contributed by atoms with Crippen molar-refractivity contribution >= 4 is 32.9 Å². The molecule has 26 heavy (non-hydrogen) atoms. The molecule has 2 heterocycles. The summed E-state index contributed by atoms with van der Waals surface area (Å²) in [6.07, 6.45) is 4.96. The number of benzene rings is 2. The van der Waals surface area contributed by atoms with E-state index in [9.17, 15) is 0 Å². The Morgan fingerprint density at radius 1 is 1.04 bits per heavy atom. The number of aliphatic imine (C=N–C) groups is 1. The standard InChI is InChI=1S/C21H21BrN2OS/c22-16-5-6-18-17(13-16)21(11-12-26-19(23)24-21)20(25-18)9-7-14-3-1-2-4-15(14)8-10-20/h1-6,13H,7-12H2,(H2,23,24). The van der Waals surface area contributed by atoms with Crippen molar-refractivity contribution < 1.29 is 4.74 Å². The predicted octanol–water partition coefficient (Wildman–Crippen LogP) is 4.81. The summed E-state index contributed by atoms with van der Waals surface area (Å²) in [5.74, 6) is 1.96. The zero-order chi connectivity index (χ0) is 17.8. The fraction of sp³-hybridized carbons (Fsp3) is 0.381. The molecule has 5 rings (SSSR count). The van der Waals surface area contributed by atoms with Gasteiger partial charge in [0.2, 0.25) is 0 Å². The first kappa shape index (κ1) is 16.7. The Morgan fingerprint density at radius 3 is 2.46 bits per heavy atom. The van der Waals surface area contributed by atoms with E-state index in [2.05, 4.69) is 58.4 Å². The minimum absolute atomic E-state index is 0.319. The summed E-state index contributed by atoms with van der Waals surface area (Å²) >= 11 is 5.30. The van der Waals surface area contributed by atoms with Gasteiger partial charge >= 0.3 is 0 Å². The summed E-state index contributed by atoms with van der Waals surface area (Å²) in [6, 6.07) is 15.1. The number of amidine groups is 1. The molecule has 134 valence electrons. The Morgan fingerprint density at radius 2 is 1.77 bits per heavy atom. The summed E-state index contributed by atoms with van der Waals surface area (Å²) < 4.78 is 7.82. The summed E-state index contributed by atoms with van der Waals surface area (Å²) in [5.41, 5.74) is 9.64. The van der Waals surface area contributed by atoms with E-state index in [4.69, 9.17) is 15.5 Å². The highest BCUT2D eigenvalue weighted by atomic mass is 79.9. The van der Waals surface area contributed by atoms with Crippen molar-refractivity contribution in [2.75, 3.05) is 5.75 Å². The average Bonchev–Trinajstić information content (AvgIpc) is 2.78. The van der Waals surface area contributed by atoms with Gasteiger partial charge in [-0.15, -0.1) is 0 Å². The van der Waals surface area contributed by atoms with E-state index in [1.165, 1.54) is 16.7 Å². The van der Waals surface area contributed by atoms with Crippen LogP contribution in [0, 0.1) is 0 Å². The van der Waals surface area contributed by atoms with Crippen LogP contribution in [0.3, 0.4) is 0 Å². The van der Waals surface area contributed by atoms with Crippen molar-refractivity contribution in [1.29, 1.82) is 0 Å². The number of fused-ring (bicyclic) bond motifs is 4. The molecule has 3 aliphatic rings. The maximum absolute atomic E-state index is 6.75. The second-order valence-electron chi connectivity index (χ2n) is 7.41. The van der Waals surface area contributed by atoms with Crippen LogP contribution in [0.1, 0.15) is 36.0 Å². The second-order valence-corrected chi connectivity index (χ2v) is 9.45. The molecular weight excluding hydrogens is 408 g/mol. The van der Waals surface area contributed by atoms with Gasteiger partial charge < -0.3 is 10.5 Å². The summed E-state index contributed by atoms with van der Waals surface area (Å²) in [7, 11) is 0. The van der Waals surface area contributed by atoms with Gasteiger partial charge in [-0.2, -0.15) is 0 Å². The van der Waals surface area contributed by atoms with Gasteiger partial charge in [-0.05, 0) is 61.4 Å². The fourth-order valence-electron chi connectivity index (χ4n) is 4.92. The molecule has 0 aromatic heterocycles. The molecule has 0 amide bonds. The molecule has 0 bridgehead atoms. The largest absolute Gasteiger partial charge is 0.484 e. The zero-order valence-corrected chi connectivity index (χ0v) is 16.9. The lowest BCUT2D eigenvalue weighted by molar-refractivity contribution is 0.00347. The Labute approximate surface area is 166 Å². The quantitative estimate of drug-likeness (QED) is 0.654. The van der Waals surface area contributed by atoms with Gasteiger partial charge in [0, 0.05) is 15.8 Å². The molecule has 1 aliphatic carbocycles. The van der Waals surface area contributed by atoms with Gasteiger partial charge in [0.25, 0.3) is 0 Å². The third-order valence-corrected chi connectivity index (χ3v) is 7.46. The summed E-state index contributed by atoms with van der Waals surface area (Å²) in [5, 5.41) is 0.689. The van der Waals surface area contributed by atoms with E-state index in [0.29, 0.717) is 5.17 Å². The van der Waals surface area contributed by atoms with Crippen LogP contribution in [0.2, 0.25) is 0 Å². The van der Waals surface area contributed by atoms with Gasteiger partial charge in [-0.3, -0.25) is 0 Å². The molecule has 0 saturated heterocycles. The third-order valence-electron chi connectivity index (χ3n) is 6.18. The molecule has 2 aromatic carbocycles. The number of hydrogen-bond donors (Lipinski definition) is 1. The van der Waals surface area contributed by atoms with Crippen molar-refractivity contribution in [2.45, 2.75) is 43.2 Å². The van der Waals surface area contributed by atoms with E-state index in [1.54, 1.807) is 11.8 Å². The molecular formula is C21H21BrN2OS. The van der Waals surface area contributed by atoms with Gasteiger partial charge in [0.15, 0.2) is 5.17 Å². The molecule has 2 aromatic rings. The highest BCUT2D eigenvalue weighted by molar-refractivity contribution is 9.10. The third kappa shape index (κ3) is 2.36. The molecule has 5 heteroatoms. The molecule has 0 saturated carbocycles. The maximum atomic E-state index is 6.75. The van der Waals surface area contributed by atoms with Gasteiger partial charge in [0.1, 0.15) is 16.9 Å². The Balaban J connectivity index is 1.66. The minimum Gasteiger partial charge on any atom is -0.484 e. The van der Waals surface area contributed by atoms with Crippen molar-refractivity contribution in [2.24, 2.45) is 10.7 Å².